The molecular formula is C15H16BrN3O2. The van der Waals surface area contributed by atoms with E-state index in [-0.39, 0.29) is 0 Å². The summed E-state index contributed by atoms with van der Waals surface area (Å²) >= 11 is 3.36. The number of halogens is 1. The maximum Gasteiger partial charge on any atom is 0.225 e. The van der Waals surface area contributed by atoms with Crippen molar-refractivity contribution < 1.29 is 9.47 Å². The minimum Gasteiger partial charge on any atom is -0.493 e. The van der Waals surface area contributed by atoms with Gasteiger partial charge < -0.3 is 14.4 Å². The number of aromatic nitrogens is 2. The monoisotopic (exact) mass is 349 g/mol. The van der Waals surface area contributed by atoms with Crippen molar-refractivity contribution in [3.63, 3.8) is 0 Å². The van der Waals surface area contributed by atoms with Crippen LogP contribution in [0.5, 0.6) is 11.5 Å². The van der Waals surface area contributed by atoms with E-state index in [4.69, 9.17) is 9.47 Å². The molecule has 0 atom stereocenters. The molecule has 2 heterocycles. The summed E-state index contributed by atoms with van der Waals surface area (Å²) in [5.74, 6) is 2.29. The normalized spacial score (nSPS) is 13.8. The molecule has 110 valence electrons. The summed E-state index contributed by atoms with van der Waals surface area (Å²) in [6, 6.07) is 4.10. The average molecular weight is 350 g/mol. The molecular weight excluding hydrogens is 334 g/mol. The van der Waals surface area contributed by atoms with Crippen molar-refractivity contribution in [1.82, 2.24) is 9.97 Å². The summed E-state index contributed by atoms with van der Waals surface area (Å²) in [6.07, 6.45) is 4.48. The largest absolute Gasteiger partial charge is 0.493 e. The van der Waals surface area contributed by atoms with Crippen LogP contribution in [0.4, 0.5) is 5.95 Å². The third-order valence-corrected chi connectivity index (χ3v) is 4.02. The molecule has 0 N–H and O–H groups in total. The summed E-state index contributed by atoms with van der Waals surface area (Å²) in [4.78, 5) is 10.9. The molecule has 0 unspecified atom stereocenters. The lowest BCUT2D eigenvalue weighted by Crippen LogP contribution is -2.31. The van der Waals surface area contributed by atoms with Crippen LogP contribution in [0.15, 0.2) is 29.0 Å². The molecule has 5 nitrogen and oxygen atoms in total. The summed E-state index contributed by atoms with van der Waals surface area (Å²) in [7, 11) is 3.32. The molecule has 0 spiro atoms. The number of methoxy groups -OCH3 is 2. The predicted octanol–water partition coefficient (Wildman–Crippen LogP) is 2.82. The molecule has 0 amide bonds. The quantitative estimate of drug-likeness (QED) is 0.852. The van der Waals surface area contributed by atoms with E-state index in [1.807, 2.05) is 6.07 Å². The molecule has 1 aliphatic rings. The predicted molar refractivity (Wildman–Crippen MR) is 84.0 cm³/mol. The van der Waals surface area contributed by atoms with Crippen LogP contribution in [0.25, 0.3) is 0 Å². The van der Waals surface area contributed by atoms with Gasteiger partial charge in [-0.15, -0.1) is 0 Å². The first-order chi connectivity index (χ1) is 10.2. The number of anilines is 1. The van der Waals surface area contributed by atoms with Gasteiger partial charge in [0.05, 0.1) is 18.7 Å². The molecule has 0 aliphatic carbocycles. The number of benzene rings is 1. The minimum atomic E-state index is 0.749. The van der Waals surface area contributed by atoms with E-state index in [0.29, 0.717) is 0 Å². The first-order valence-electron chi connectivity index (χ1n) is 6.67. The van der Waals surface area contributed by atoms with E-state index in [0.717, 1.165) is 41.4 Å². The summed E-state index contributed by atoms with van der Waals surface area (Å²) in [5, 5.41) is 0. The molecule has 3 rings (SSSR count). The lowest BCUT2D eigenvalue weighted by molar-refractivity contribution is 0.353. The van der Waals surface area contributed by atoms with Gasteiger partial charge in [-0.3, -0.25) is 0 Å². The van der Waals surface area contributed by atoms with Gasteiger partial charge in [0.2, 0.25) is 5.95 Å². The number of nitrogens with zero attached hydrogens (tertiary/aromatic N) is 3. The summed E-state index contributed by atoms with van der Waals surface area (Å²) in [5.41, 5.74) is 2.52. The number of fused-ring (bicyclic) bond motifs is 1. The Morgan fingerprint density at radius 1 is 1.05 bits per heavy atom. The van der Waals surface area contributed by atoms with Crippen molar-refractivity contribution in [3.05, 3.63) is 40.1 Å². The lowest BCUT2D eigenvalue weighted by Gasteiger charge is -2.29. The third kappa shape index (κ3) is 2.81. The van der Waals surface area contributed by atoms with Gasteiger partial charge >= 0.3 is 0 Å². The molecule has 1 aromatic heterocycles. The maximum absolute atomic E-state index is 5.38. The Morgan fingerprint density at radius 2 is 1.67 bits per heavy atom. The Bertz CT molecular complexity index is 646. The van der Waals surface area contributed by atoms with Crippen LogP contribution in [0.2, 0.25) is 0 Å². The van der Waals surface area contributed by atoms with Crippen molar-refractivity contribution in [3.8, 4) is 11.5 Å². The second-order valence-electron chi connectivity index (χ2n) is 4.85. The molecule has 6 heteroatoms. The number of ether oxygens (including phenoxy) is 2. The Kier molecular flexibility index (Phi) is 3.96. The topological polar surface area (TPSA) is 47.5 Å². The SMILES string of the molecule is COc1cc2c(cc1OC)CN(c1ncc(Br)cn1)CC2. The van der Waals surface area contributed by atoms with Gasteiger partial charge in [0, 0.05) is 25.5 Å². The highest BCUT2D eigenvalue weighted by molar-refractivity contribution is 9.10. The zero-order valence-corrected chi connectivity index (χ0v) is 13.6. The van der Waals surface area contributed by atoms with Crippen LogP contribution in [0.1, 0.15) is 11.1 Å². The average Bonchev–Trinajstić information content (AvgIpc) is 2.53. The van der Waals surface area contributed by atoms with E-state index >= 15 is 0 Å². The Labute approximate surface area is 132 Å². The van der Waals surface area contributed by atoms with Crippen molar-refractivity contribution in [2.24, 2.45) is 0 Å². The smallest absolute Gasteiger partial charge is 0.225 e. The van der Waals surface area contributed by atoms with Crippen LogP contribution in [0, 0.1) is 0 Å². The highest BCUT2D eigenvalue weighted by Crippen LogP contribution is 2.33. The second kappa shape index (κ2) is 5.89. The van der Waals surface area contributed by atoms with E-state index in [9.17, 15) is 0 Å². The lowest BCUT2D eigenvalue weighted by atomic mass is 9.99. The number of hydrogen-bond donors (Lipinski definition) is 0. The zero-order valence-electron chi connectivity index (χ0n) is 12.0. The Hall–Kier alpha value is -1.82. The summed E-state index contributed by atoms with van der Waals surface area (Å²) in [6.45, 7) is 1.67. The fraction of sp³-hybridized carbons (Fsp3) is 0.333. The minimum absolute atomic E-state index is 0.749. The first kappa shape index (κ1) is 14.1. The molecule has 0 radical (unpaired) electrons. The fourth-order valence-corrected chi connectivity index (χ4v) is 2.73. The zero-order chi connectivity index (χ0) is 14.8. The van der Waals surface area contributed by atoms with Gasteiger partial charge in [-0.05, 0) is 45.6 Å². The highest BCUT2D eigenvalue weighted by atomic mass is 79.9. The van der Waals surface area contributed by atoms with Gasteiger partial charge in [0.1, 0.15) is 0 Å². The fourth-order valence-electron chi connectivity index (χ4n) is 2.52. The van der Waals surface area contributed by atoms with Gasteiger partial charge in [-0.25, -0.2) is 9.97 Å². The molecule has 1 aliphatic heterocycles. The number of rotatable bonds is 3. The molecule has 2 aromatic rings. The molecule has 0 bridgehead atoms. The van der Waals surface area contributed by atoms with Gasteiger partial charge in [0.25, 0.3) is 0 Å². The Morgan fingerprint density at radius 3 is 2.29 bits per heavy atom. The second-order valence-corrected chi connectivity index (χ2v) is 5.76. The van der Waals surface area contributed by atoms with Crippen LogP contribution in [0.3, 0.4) is 0 Å². The molecule has 21 heavy (non-hydrogen) atoms. The number of hydrogen-bond acceptors (Lipinski definition) is 5. The van der Waals surface area contributed by atoms with Crippen molar-refractivity contribution >= 4 is 21.9 Å². The van der Waals surface area contributed by atoms with Crippen LogP contribution >= 0.6 is 15.9 Å². The highest BCUT2D eigenvalue weighted by Gasteiger charge is 2.21. The van der Waals surface area contributed by atoms with E-state index in [1.165, 1.54) is 11.1 Å². The van der Waals surface area contributed by atoms with Gasteiger partial charge in [-0.2, -0.15) is 0 Å². The third-order valence-electron chi connectivity index (χ3n) is 3.61. The van der Waals surface area contributed by atoms with Gasteiger partial charge in [-0.1, -0.05) is 0 Å². The molecule has 0 saturated carbocycles. The molecule has 0 saturated heterocycles. The molecule has 1 aromatic carbocycles. The summed E-state index contributed by atoms with van der Waals surface area (Å²) < 4.78 is 11.6. The standard InChI is InChI=1S/C15H16BrN3O2/c1-20-13-5-10-3-4-19(9-11(10)6-14(13)21-2)15-17-7-12(16)8-18-15/h5-8H,3-4,9H2,1-2H3. The van der Waals surface area contributed by atoms with Crippen molar-refractivity contribution in [2.45, 2.75) is 13.0 Å². The van der Waals surface area contributed by atoms with Crippen LogP contribution in [-0.2, 0) is 13.0 Å². The van der Waals surface area contributed by atoms with Crippen molar-refractivity contribution in [1.29, 1.82) is 0 Å². The van der Waals surface area contributed by atoms with E-state index < -0.39 is 0 Å². The van der Waals surface area contributed by atoms with Crippen molar-refractivity contribution in [2.75, 3.05) is 25.7 Å². The van der Waals surface area contributed by atoms with E-state index in [1.54, 1.807) is 26.6 Å². The molecule has 0 fully saturated rings. The Balaban J connectivity index is 1.89. The van der Waals surface area contributed by atoms with Crippen LogP contribution in [-0.4, -0.2) is 30.7 Å². The maximum atomic E-state index is 5.38. The van der Waals surface area contributed by atoms with Gasteiger partial charge in [0.15, 0.2) is 11.5 Å². The van der Waals surface area contributed by atoms with E-state index in [2.05, 4.69) is 36.9 Å². The first-order valence-corrected chi connectivity index (χ1v) is 7.47. The van der Waals surface area contributed by atoms with Crippen LogP contribution < -0.4 is 14.4 Å².